The van der Waals surface area contributed by atoms with E-state index in [1.807, 2.05) is 13.1 Å². The smallest absolute Gasteiger partial charge is 0.150 e. The van der Waals surface area contributed by atoms with Gasteiger partial charge in [-0.3, -0.25) is 0 Å². The molecule has 0 amide bonds. The first-order valence-electron chi connectivity index (χ1n) is 6.43. The van der Waals surface area contributed by atoms with Crippen LogP contribution in [0.4, 0.5) is 0 Å². The van der Waals surface area contributed by atoms with Crippen molar-refractivity contribution in [2.45, 2.75) is 32.7 Å². The molecule has 1 heterocycles. The predicted molar refractivity (Wildman–Crippen MR) is 89.6 cm³/mol. The molecule has 0 radical (unpaired) electrons. The van der Waals surface area contributed by atoms with Gasteiger partial charge in [0.05, 0.1) is 22.6 Å². The number of halogens is 2. The molecule has 0 saturated heterocycles. The van der Waals surface area contributed by atoms with E-state index in [1.54, 1.807) is 7.11 Å². The lowest BCUT2D eigenvalue weighted by molar-refractivity contribution is 0.412. The van der Waals surface area contributed by atoms with Gasteiger partial charge in [-0.2, -0.15) is 0 Å². The van der Waals surface area contributed by atoms with Gasteiger partial charge in [0.2, 0.25) is 0 Å². The van der Waals surface area contributed by atoms with E-state index in [9.17, 15) is 0 Å². The summed E-state index contributed by atoms with van der Waals surface area (Å²) in [5, 5.41) is 4.25. The van der Waals surface area contributed by atoms with Crippen molar-refractivity contribution in [3.8, 4) is 5.75 Å². The van der Waals surface area contributed by atoms with Crippen LogP contribution in [0.2, 0.25) is 0 Å². The van der Waals surface area contributed by atoms with Crippen LogP contribution in [0.5, 0.6) is 5.75 Å². The highest BCUT2D eigenvalue weighted by molar-refractivity contribution is 9.11. The first kappa shape index (κ1) is 15.9. The van der Waals surface area contributed by atoms with E-state index in [-0.39, 0.29) is 5.41 Å². The second kappa shape index (κ2) is 5.70. The monoisotopic (exact) mass is 403 g/mol. The van der Waals surface area contributed by atoms with Crippen LogP contribution in [0.3, 0.4) is 0 Å². The fraction of sp³-hybridized carbons (Fsp3) is 0.467. The number of rotatable bonds is 3. The zero-order chi connectivity index (χ0) is 15.1. The second-order valence-corrected chi connectivity index (χ2v) is 7.41. The van der Waals surface area contributed by atoms with Gasteiger partial charge < -0.3 is 14.5 Å². The minimum Gasteiger partial charge on any atom is -0.496 e. The lowest BCUT2D eigenvalue weighted by atomic mass is 9.84. The molecule has 0 atom stereocenters. The topological polar surface area (TPSA) is 34.4 Å². The molecule has 5 heteroatoms. The maximum atomic E-state index is 6.08. The molecule has 2 rings (SSSR count). The molecular formula is C15H19Br2NO2. The molecule has 1 N–H and O–H groups in total. The number of methoxy groups -OCH3 is 1. The maximum Gasteiger partial charge on any atom is 0.150 e. The molecule has 1 aromatic heterocycles. The summed E-state index contributed by atoms with van der Waals surface area (Å²) in [6.07, 6.45) is 0. The van der Waals surface area contributed by atoms with Crippen molar-refractivity contribution in [2.75, 3.05) is 14.2 Å². The Balaban J connectivity index is 2.90. The molecule has 0 fully saturated rings. The van der Waals surface area contributed by atoms with Crippen LogP contribution in [-0.4, -0.2) is 14.2 Å². The molecular weight excluding hydrogens is 386 g/mol. The van der Waals surface area contributed by atoms with E-state index in [0.717, 1.165) is 31.4 Å². The second-order valence-electron chi connectivity index (χ2n) is 5.76. The number of hydrogen-bond acceptors (Lipinski definition) is 3. The molecule has 0 aliphatic heterocycles. The van der Waals surface area contributed by atoms with Crippen molar-refractivity contribution in [2.24, 2.45) is 0 Å². The Hall–Kier alpha value is -0.520. The highest BCUT2D eigenvalue weighted by Gasteiger charge is 2.28. The summed E-state index contributed by atoms with van der Waals surface area (Å²) in [5.41, 5.74) is 2.03. The van der Waals surface area contributed by atoms with Crippen molar-refractivity contribution in [1.29, 1.82) is 0 Å². The van der Waals surface area contributed by atoms with E-state index in [4.69, 9.17) is 9.15 Å². The summed E-state index contributed by atoms with van der Waals surface area (Å²) in [6, 6.07) is 1.92. The molecule has 110 valence electrons. The summed E-state index contributed by atoms with van der Waals surface area (Å²) in [7, 11) is 3.59. The fourth-order valence-corrected chi connectivity index (χ4v) is 3.59. The SMILES string of the molecule is CNCc1oc2c(Br)cc(OC)c(Br)c2c1C(C)(C)C. The highest BCUT2D eigenvalue weighted by Crippen LogP contribution is 2.45. The quantitative estimate of drug-likeness (QED) is 0.782. The van der Waals surface area contributed by atoms with E-state index in [0.29, 0.717) is 6.54 Å². The van der Waals surface area contributed by atoms with Crippen LogP contribution in [-0.2, 0) is 12.0 Å². The van der Waals surface area contributed by atoms with E-state index >= 15 is 0 Å². The van der Waals surface area contributed by atoms with Crippen molar-refractivity contribution >= 4 is 42.8 Å². The van der Waals surface area contributed by atoms with Crippen LogP contribution < -0.4 is 10.1 Å². The number of ether oxygens (including phenoxy) is 1. The minimum atomic E-state index is -0.0221. The minimum absolute atomic E-state index is 0.0221. The van der Waals surface area contributed by atoms with Gasteiger partial charge in [-0.15, -0.1) is 0 Å². The number of nitrogens with one attached hydrogen (secondary N) is 1. The van der Waals surface area contributed by atoms with Crippen LogP contribution in [0.1, 0.15) is 32.1 Å². The predicted octanol–water partition coefficient (Wildman–Crippen LogP) is 4.98. The normalized spacial score (nSPS) is 12.2. The molecule has 0 spiro atoms. The van der Waals surface area contributed by atoms with Gasteiger partial charge in [0.15, 0.2) is 0 Å². The number of furan rings is 1. The van der Waals surface area contributed by atoms with Gasteiger partial charge in [0.25, 0.3) is 0 Å². The van der Waals surface area contributed by atoms with Crippen molar-refractivity contribution in [3.05, 3.63) is 26.3 Å². The van der Waals surface area contributed by atoms with Crippen molar-refractivity contribution in [3.63, 3.8) is 0 Å². The fourth-order valence-electron chi connectivity index (χ4n) is 2.45. The van der Waals surface area contributed by atoms with Crippen molar-refractivity contribution in [1.82, 2.24) is 5.32 Å². The molecule has 2 aromatic rings. The largest absolute Gasteiger partial charge is 0.496 e. The average Bonchev–Trinajstić information content (AvgIpc) is 2.74. The molecule has 1 aromatic carbocycles. The highest BCUT2D eigenvalue weighted by atomic mass is 79.9. The van der Waals surface area contributed by atoms with E-state index in [2.05, 4.69) is 57.9 Å². The van der Waals surface area contributed by atoms with E-state index in [1.165, 1.54) is 5.56 Å². The Morgan fingerprint density at radius 3 is 2.45 bits per heavy atom. The molecule has 0 unspecified atom stereocenters. The summed E-state index contributed by atoms with van der Waals surface area (Å²) in [6.45, 7) is 7.27. The third kappa shape index (κ3) is 2.63. The van der Waals surface area contributed by atoms with Gasteiger partial charge in [0, 0.05) is 10.9 Å². The van der Waals surface area contributed by atoms with Crippen LogP contribution in [0, 0.1) is 0 Å². The van der Waals surface area contributed by atoms with Crippen LogP contribution >= 0.6 is 31.9 Å². The Morgan fingerprint density at radius 1 is 1.30 bits per heavy atom. The molecule has 20 heavy (non-hydrogen) atoms. The van der Waals surface area contributed by atoms with Gasteiger partial charge in [0.1, 0.15) is 17.1 Å². The third-order valence-electron chi connectivity index (χ3n) is 3.20. The summed E-state index contributed by atoms with van der Waals surface area (Å²) < 4.78 is 13.4. The summed E-state index contributed by atoms with van der Waals surface area (Å²) >= 11 is 7.23. The third-order valence-corrected chi connectivity index (χ3v) is 4.58. The van der Waals surface area contributed by atoms with Gasteiger partial charge in [-0.25, -0.2) is 0 Å². The Bertz CT molecular complexity index is 642. The number of benzene rings is 1. The molecule has 0 aliphatic carbocycles. The molecule has 3 nitrogen and oxygen atoms in total. The standard InChI is InChI=1S/C15H19Br2NO2/c1-15(2,3)12-10(7-18-4)20-14-8(16)6-9(19-5)13(17)11(12)14/h6,18H,7H2,1-5H3. The van der Waals surface area contributed by atoms with Gasteiger partial charge in [-0.05, 0) is 50.4 Å². The number of fused-ring (bicyclic) bond motifs is 1. The van der Waals surface area contributed by atoms with Crippen LogP contribution in [0.25, 0.3) is 11.0 Å². The van der Waals surface area contributed by atoms with Gasteiger partial charge in [-0.1, -0.05) is 20.8 Å². The maximum absolute atomic E-state index is 6.08. The first-order valence-corrected chi connectivity index (χ1v) is 8.02. The number of hydrogen-bond donors (Lipinski definition) is 1. The average molecular weight is 405 g/mol. The lowest BCUT2D eigenvalue weighted by Gasteiger charge is -2.20. The summed E-state index contributed by atoms with van der Waals surface area (Å²) in [5.74, 6) is 1.76. The zero-order valence-electron chi connectivity index (χ0n) is 12.4. The Morgan fingerprint density at radius 2 is 1.95 bits per heavy atom. The molecule has 0 bridgehead atoms. The summed E-state index contributed by atoms with van der Waals surface area (Å²) in [4.78, 5) is 0. The Labute approximate surface area is 136 Å². The van der Waals surface area contributed by atoms with Gasteiger partial charge >= 0.3 is 0 Å². The van der Waals surface area contributed by atoms with E-state index < -0.39 is 0 Å². The molecule has 0 aliphatic rings. The lowest BCUT2D eigenvalue weighted by Crippen LogP contribution is -2.16. The zero-order valence-corrected chi connectivity index (χ0v) is 15.5. The first-order chi connectivity index (χ1) is 9.31. The van der Waals surface area contributed by atoms with Crippen molar-refractivity contribution < 1.29 is 9.15 Å². The Kier molecular flexibility index (Phi) is 4.52. The van der Waals surface area contributed by atoms with Crippen LogP contribution in [0.15, 0.2) is 19.4 Å². The molecule has 0 saturated carbocycles.